The van der Waals surface area contributed by atoms with Crippen molar-refractivity contribution >= 4 is 11.8 Å². The molecule has 16 heavy (non-hydrogen) atoms. The summed E-state index contributed by atoms with van der Waals surface area (Å²) in [4.78, 5) is 22.2. The van der Waals surface area contributed by atoms with Crippen molar-refractivity contribution in [2.24, 2.45) is 17.6 Å². The Kier molecular flexibility index (Phi) is 7.44. The normalized spacial score (nSPS) is 10.6. The highest BCUT2D eigenvalue weighted by molar-refractivity contribution is 5.78. The average Bonchev–Trinajstić information content (AvgIpc) is 2.25. The topological polar surface area (TPSA) is 119 Å². The molecule has 0 unspecified atom stereocenters. The predicted molar refractivity (Wildman–Crippen MR) is 58.5 cm³/mol. The molecule has 0 fully saturated rings. The number of nitrogens with two attached hydrogens (primary N) is 2. The zero-order valence-corrected chi connectivity index (χ0v) is 9.66. The zero-order chi connectivity index (χ0) is 12.6. The molecule has 94 valence electrons. The molecule has 0 aliphatic rings. The van der Waals surface area contributed by atoms with Crippen LogP contribution in [0.1, 0.15) is 26.7 Å². The van der Waals surface area contributed by atoms with Gasteiger partial charge >= 0.3 is 0 Å². The van der Waals surface area contributed by atoms with Crippen LogP contribution in [-0.4, -0.2) is 24.5 Å². The molecule has 7 nitrogen and oxygen atoms in total. The highest BCUT2D eigenvalue weighted by atomic mass is 16.5. The molecule has 2 amide bonds. The minimum Gasteiger partial charge on any atom is -0.378 e. The van der Waals surface area contributed by atoms with Gasteiger partial charge in [-0.3, -0.25) is 20.4 Å². The molecule has 0 rings (SSSR count). The van der Waals surface area contributed by atoms with Crippen molar-refractivity contribution in [3.8, 4) is 0 Å². The molecule has 0 aromatic heterocycles. The Bertz CT molecular complexity index is 215. The van der Waals surface area contributed by atoms with E-state index in [1.807, 2.05) is 24.7 Å². The molecule has 0 heterocycles. The summed E-state index contributed by atoms with van der Waals surface area (Å²) in [7, 11) is 0. The van der Waals surface area contributed by atoms with Gasteiger partial charge in [-0.15, -0.1) is 0 Å². The molecule has 0 saturated heterocycles. The van der Waals surface area contributed by atoms with Gasteiger partial charge in [0.05, 0.1) is 12.7 Å². The van der Waals surface area contributed by atoms with E-state index in [1.54, 1.807) is 0 Å². The first kappa shape index (κ1) is 14.8. The molecule has 0 saturated carbocycles. The van der Waals surface area contributed by atoms with Crippen molar-refractivity contribution in [1.82, 2.24) is 10.9 Å². The fraction of sp³-hybridized carbons (Fsp3) is 0.778. The van der Waals surface area contributed by atoms with Crippen molar-refractivity contribution in [2.75, 3.05) is 6.61 Å². The van der Waals surface area contributed by atoms with E-state index >= 15 is 0 Å². The lowest BCUT2D eigenvalue weighted by molar-refractivity contribution is -0.125. The Morgan fingerprint density at radius 1 is 1.12 bits per heavy atom. The number of ether oxygens (including phenoxy) is 1. The van der Waals surface area contributed by atoms with Crippen molar-refractivity contribution in [3.63, 3.8) is 0 Å². The first-order chi connectivity index (χ1) is 7.49. The van der Waals surface area contributed by atoms with Crippen LogP contribution in [0.3, 0.4) is 0 Å². The van der Waals surface area contributed by atoms with Crippen LogP contribution in [0, 0.1) is 5.92 Å². The van der Waals surface area contributed by atoms with E-state index in [1.165, 1.54) is 0 Å². The van der Waals surface area contributed by atoms with Gasteiger partial charge in [-0.05, 0) is 19.8 Å². The third-order valence-corrected chi connectivity index (χ3v) is 1.94. The number of carbonyl (C=O) groups is 2. The smallest absolute Gasteiger partial charge is 0.234 e. The lowest BCUT2D eigenvalue weighted by Gasteiger charge is -2.17. The number of hydrogen-bond acceptors (Lipinski definition) is 5. The molecular formula is C9H20N4O3. The molecular weight excluding hydrogens is 212 g/mol. The predicted octanol–water partition coefficient (Wildman–Crippen LogP) is -1.21. The summed E-state index contributed by atoms with van der Waals surface area (Å²) in [5.41, 5.74) is 4.03. The van der Waals surface area contributed by atoms with Crippen molar-refractivity contribution < 1.29 is 14.3 Å². The van der Waals surface area contributed by atoms with Crippen LogP contribution in [0.5, 0.6) is 0 Å². The Morgan fingerprint density at radius 3 is 1.88 bits per heavy atom. The van der Waals surface area contributed by atoms with Gasteiger partial charge in [0.25, 0.3) is 0 Å². The summed E-state index contributed by atoms with van der Waals surface area (Å²) in [6, 6.07) is 0. The Labute approximate surface area is 94.8 Å². The summed E-state index contributed by atoms with van der Waals surface area (Å²) < 4.78 is 5.35. The minimum atomic E-state index is -0.331. The van der Waals surface area contributed by atoms with E-state index in [4.69, 9.17) is 16.4 Å². The standard InChI is InChI=1S/C9H20N4O3/c1-6(2)16-5-7(3-8(14)12-10)4-9(15)13-11/h6-7H,3-5,10-11H2,1-2H3,(H,12,14)(H,13,15). The van der Waals surface area contributed by atoms with Gasteiger partial charge in [0.2, 0.25) is 11.8 Å². The fourth-order valence-corrected chi connectivity index (χ4v) is 1.16. The van der Waals surface area contributed by atoms with E-state index in [2.05, 4.69) is 0 Å². The third kappa shape index (κ3) is 7.16. The molecule has 0 spiro atoms. The quantitative estimate of drug-likeness (QED) is 0.249. The maximum absolute atomic E-state index is 11.1. The second-order valence-corrected chi connectivity index (χ2v) is 3.79. The van der Waals surface area contributed by atoms with Crippen molar-refractivity contribution in [2.45, 2.75) is 32.8 Å². The van der Waals surface area contributed by atoms with E-state index in [0.29, 0.717) is 6.61 Å². The van der Waals surface area contributed by atoms with Gasteiger partial charge in [0, 0.05) is 12.8 Å². The summed E-state index contributed by atoms with van der Waals surface area (Å²) in [6.07, 6.45) is 0.317. The van der Waals surface area contributed by atoms with Crippen LogP contribution in [0.4, 0.5) is 0 Å². The number of hydrogen-bond donors (Lipinski definition) is 4. The van der Waals surface area contributed by atoms with E-state index in [-0.39, 0.29) is 36.7 Å². The third-order valence-electron chi connectivity index (χ3n) is 1.94. The van der Waals surface area contributed by atoms with Crippen LogP contribution in [0.2, 0.25) is 0 Å². The first-order valence-corrected chi connectivity index (χ1v) is 5.10. The maximum atomic E-state index is 11.1. The SMILES string of the molecule is CC(C)OCC(CC(=O)NN)CC(=O)NN. The van der Waals surface area contributed by atoms with Gasteiger partial charge in [0.1, 0.15) is 0 Å². The molecule has 7 heteroatoms. The van der Waals surface area contributed by atoms with Crippen molar-refractivity contribution in [3.05, 3.63) is 0 Å². The summed E-state index contributed by atoms with van der Waals surface area (Å²) >= 11 is 0. The van der Waals surface area contributed by atoms with Gasteiger partial charge in [-0.1, -0.05) is 0 Å². The minimum absolute atomic E-state index is 0.0457. The van der Waals surface area contributed by atoms with E-state index in [0.717, 1.165) is 0 Å². The summed E-state index contributed by atoms with van der Waals surface area (Å²) in [6.45, 7) is 4.07. The van der Waals surface area contributed by atoms with E-state index < -0.39 is 0 Å². The molecule has 0 aliphatic heterocycles. The van der Waals surface area contributed by atoms with Gasteiger partial charge in [-0.25, -0.2) is 11.7 Å². The second kappa shape index (κ2) is 8.03. The van der Waals surface area contributed by atoms with Gasteiger partial charge < -0.3 is 4.74 Å². The van der Waals surface area contributed by atoms with E-state index in [9.17, 15) is 9.59 Å². The van der Waals surface area contributed by atoms with Crippen LogP contribution >= 0.6 is 0 Å². The molecule has 0 radical (unpaired) electrons. The zero-order valence-electron chi connectivity index (χ0n) is 9.66. The summed E-state index contributed by atoms with van der Waals surface area (Å²) in [5, 5.41) is 0. The van der Waals surface area contributed by atoms with Crippen LogP contribution in [0.15, 0.2) is 0 Å². The van der Waals surface area contributed by atoms with Crippen molar-refractivity contribution in [1.29, 1.82) is 0 Å². The molecule has 0 aliphatic carbocycles. The first-order valence-electron chi connectivity index (χ1n) is 5.10. The molecule has 6 N–H and O–H groups in total. The Morgan fingerprint density at radius 2 is 1.56 bits per heavy atom. The highest BCUT2D eigenvalue weighted by Gasteiger charge is 2.17. The average molecular weight is 232 g/mol. The fourth-order valence-electron chi connectivity index (χ4n) is 1.16. The van der Waals surface area contributed by atoms with Gasteiger partial charge in [0.15, 0.2) is 0 Å². The number of hydrazine groups is 2. The Hall–Kier alpha value is -1.18. The lowest BCUT2D eigenvalue weighted by Crippen LogP contribution is -2.36. The van der Waals surface area contributed by atoms with Gasteiger partial charge in [-0.2, -0.15) is 0 Å². The highest BCUT2D eigenvalue weighted by Crippen LogP contribution is 2.10. The van der Waals surface area contributed by atoms with Crippen LogP contribution in [0.25, 0.3) is 0 Å². The summed E-state index contributed by atoms with van der Waals surface area (Å²) in [5.74, 6) is 9.06. The largest absolute Gasteiger partial charge is 0.378 e. The van der Waals surface area contributed by atoms with Crippen LogP contribution < -0.4 is 22.5 Å². The molecule has 0 bridgehead atoms. The number of nitrogens with one attached hydrogen (secondary N) is 2. The lowest BCUT2D eigenvalue weighted by atomic mass is 10.0. The number of rotatable bonds is 7. The van der Waals surface area contributed by atoms with Crippen LogP contribution in [-0.2, 0) is 14.3 Å². The maximum Gasteiger partial charge on any atom is 0.234 e. The molecule has 0 aromatic rings. The monoisotopic (exact) mass is 232 g/mol. The molecule has 0 atom stereocenters. The Balaban J connectivity index is 4.15. The number of amides is 2. The second-order valence-electron chi connectivity index (χ2n) is 3.79. The molecule has 0 aromatic carbocycles. The number of carbonyl (C=O) groups excluding carboxylic acids is 2.